The first kappa shape index (κ1) is 14.5. The van der Waals surface area contributed by atoms with Crippen molar-refractivity contribution in [2.24, 2.45) is 0 Å². The third-order valence-electron chi connectivity index (χ3n) is 1.86. The third kappa shape index (κ3) is 5.08. The lowest BCUT2D eigenvalue weighted by atomic mass is 10.2. The van der Waals surface area contributed by atoms with Crippen LogP contribution in [0.15, 0.2) is 16.6 Å². The van der Waals surface area contributed by atoms with E-state index >= 15 is 0 Å². The molecule has 0 spiro atoms. The van der Waals surface area contributed by atoms with Crippen LogP contribution in [0.4, 0.5) is 18.9 Å². The van der Waals surface area contributed by atoms with Crippen molar-refractivity contribution in [3.63, 3.8) is 0 Å². The molecule has 1 aromatic rings. The first-order valence-electron chi connectivity index (χ1n) is 4.68. The number of rotatable bonds is 4. The monoisotopic (exact) mass is 329 g/mol. The maximum atomic E-state index is 11.9. The van der Waals surface area contributed by atoms with Crippen LogP contribution in [0.5, 0.6) is 5.75 Å². The van der Waals surface area contributed by atoms with E-state index in [1.165, 1.54) is 0 Å². The number of nitrogen functional groups attached to an aromatic ring is 1. The van der Waals surface area contributed by atoms with Crippen LogP contribution in [0.3, 0.4) is 0 Å². The van der Waals surface area contributed by atoms with Gasteiger partial charge in [-0.05, 0) is 36.4 Å². The molecule has 0 aliphatic heterocycles. The van der Waals surface area contributed by atoms with E-state index in [0.29, 0.717) is 11.4 Å². The molecule has 2 N–H and O–H groups in total. The molecule has 1 aromatic carbocycles. The van der Waals surface area contributed by atoms with E-state index in [1.807, 2.05) is 0 Å². The Morgan fingerprint density at radius 3 is 2.59 bits per heavy atom. The first-order valence-corrected chi connectivity index (χ1v) is 6.46. The molecule has 96 valence electrons. The molecule has 0 aliphatic carbocycles. The fourth-order valence-corrected chi connectivity index (χ4v) is 2.24. The molecule has 0 fully saturated rings. The number of alkyl halides is 3. The Morgan fingerprint density at radius 2 is 2.06 bits per heavy atom. The lowest BCUT2D eigenvalue weighted by Gasteiger charge is -2.12. The molecule has 0 aromatic heterocycles. The zero-order valence-corrected chi connectivity index (χ0v) is 11.4. The molecule has 0 atom stereocenters. The van der Waals surface area contributed by atoms with Gasteiger partial charge in [0.2, 0.25) is 0 Å². The summed E-state index contributed by atoms with van der Waals surface area (Å²) < 4.78 is 41.7. The van der Waals surface area contributed by atoms with Gasteiger partial charge in [0, 0.05) is 10.2 Å². The molecule has 7 heteroatoms. The van der Waals surface area contributed by atoms with Gasteiger partial charge in [-0.3, -0.25) is 0 Å². The second-order valence-corrected chi connectivity index (χ2v) is 5.36. The minimum Gasteiger partial charge on any atom is -0.490 e. The number of thioether (sulfide) groups is 1. The quantitative estimate of drug-likeness (QED) is 0.670. The molecular weight excluding hydrogens is 319 g/mol. The predicted octanol–water partition coefficient (Wildman–Crippen LogP) is 3.97. The molecule has 0 radical (unpaired) electrons. The summed E-state index contributed by atoms with van der Waals surface area (Å²) in [6.07, 6.45) is 0. The first-order chi connectivity index (χ1) is 7.79. The summed E-state index contributed by atoms with van der Waals surface area (Å²) >= 11 is 3.16. The Kier molecular flexibility index (Phi) is 5.00. The summed E-state index contributed by atoms with van der Waals surface area (Å²) in [4.78, 5) is 0. The van der Waals surface area contributed by atoms with Crippen LogP contribution >= 0.6 is 27.7 Å². The molecule has 0 unspecified atom stereocenters. The summed E-state index contributed by atoms with van der Waals surface area (Å²) in [6, 6.07) is 3.45. The predicted molar refractivity (Wildman–Crippen MR) is 67.3 cm³/mol. The fraction of sp³-hybridized carbons (Fsp3) is 0.400. The summed E-state index contributed by atoms with van der Waals surface area (Å²) in [5.41, 5.74) is 2.68. The molecule has 0 bridgehead atoms. The molecule has 17 heavy (non-hydrogen) atoms. The molecule has 2 nitrogen and oxygen atoms in total. The second kappa shape index (κ2) is 5.86. The molecule has 0 saturated heterocycles. The highest BCUT2D eigenvalue weighted by Gasteiger charge is 2.27. The van der Waals surface area contributed by atoms with Crippen LogP contribution in [0.1, 0.15) is 5.56 Å². The largest absolute Gasteiger partial charge is 0.490 e. The summed E-state index contributed by atoms with van der Waals surface area (Å²) in [5.74, 6) is 0.286. The standard InChI is InChI=1S/C10H11BrF3NOS/c1-6-4-7(11)5-8(15)9(6)16-2-3-17-10(12,13)14/h4-5H,2-3,15H2,1H3. The summed E-state index contributed by atoms with van der Waals surface area (Å²) in [5, 5.41) is 0. The van der Waals surface area contributed by atoms with E-state index in [-0.39, 0.29) is 24.1 Å². The average Bonchev–Trinajstić information content (AvgIpc) is 2.13. The van der Waals surface area contributed by atoms with Gasteiger partial charge in [0.1, 0.15) is 5.75 Å². The number of halogens is 4. The minimum atomic E-state index is -4.22. The van der Waals surface area contributed by atoms with Gasteiger partial charge in [0.15, 0.2) is 0 Å². The number of hydrogen-bond donors (Lipinski definition) is 1. The van der Waals surface area contributed by atoms with Crippen molar-refractivity contribution in [3.05, 3.63) is 22.2 Å². The van der Waals surface area contributed by atoms with Gasteiger partial charge in [-0.15, -0.1) is 0 Å². The van der Waals surface area contributed by atoms with Crippen molar-refractivity contribution in [2.75, 3.05) is 18.1 Å². The summed E-state index contributed by atoms with van der Waals surface area (Å²) in [6.45, 7) is 1.75. The van der Waals surface area contributed by atoms with Crippen molar-refractivity contribution in [1.29, 1.82) is 0 Å². The highest BCUT2D eigenvalue weighted by Crippen LogP contribution is 2.32. The van der Waals surface area contributed by atoms with Crippen molar-refractivity contribution in [3.8, 4) is 5.75 Å². The van der Waals surface area contributed by atoms with Crippen molar-refractivity contribution in [2.45, 2.75) is 12.4 Å². The van der Waals surface area contributed by atoms with E-state index in [2.05, 4.69) is 15.9 Å². The van der Waals surface area contributed by atoms with Gasteiger partial charge >= 0.3 is 5.51 Å². The number of hydrogen-bond acceptors (Lipinski definition) is 3. The smallest absolute Gasteiger partial charge is 0.441 e. The van der Waals surface area contributed by atoms with Crippen molar-refractivity contribution < 1.29 is 17.9 Å². The number of ether oxygens (including phenoxy) is 1. The highest BCUT2D eigenvalue weighted by molar-refractivity contribution is 9.10. The third-order valence-corrected chi connectivity index (χ3v) is 3.02. The normalized spacial score (nSPS) is 11.6. The molecule has 0 aliphatic rings. The SMILES string of the molecule is Cc1cc(Br)cc(N)c1OCCSC(F)(F)F. The van der Waals surface area contributed by atoms with Gasteiger partial charge in [-0.25, -0.2) is 0 Å². The zero-order valence-electron chi connectivity index (χ0n) is 8.97. The number of benzene rings is 1. The highest BCUT2D eigenvalue weighted by atomic mass is 79.9. The fourth-order valence-electron chi connectivity index (χ4n) is 1.25. The van der Waals surface area contributed by atoms with Crippen LogP contribution in [-0.4, -0.2) is 17.9 Å². The van der Waals surface area contributed by atoms with E-state index in [1.54, 1.807) is 19.1 Å². The van der Waals surface area contributed by atoms with E-state index < -0.39 is 5.51 Å². The molecular formula is C10H11BrF3NOS. The Labute approximate surface area is 110 Å². The van der Waals surface area contributed by atoms with Gasteiger partial charge in [0.25, 0.3) is 0 Å². The number of nitrogens with two attached hydrogens (primary N) is 1. The van der Waals surface area contributed by atoms with Gasteiger partial charge in [-0.1, -0.05) is 15.9 Å². The van der Waals surface area contributed by atoms with Gasteiger partial charge in [0.05, 0.1) is 12.3 Å². The molecule has 0 heterocycles. The average molecular weight is 330 g/mol. The van der Waals surface area contributed by atoms with Gasteiger partial charge in [-0.2, -0.15) is 13.2 Å². The Hall–Kier alpha value is -0.560. The Morgan fingerprint density at radius 1 is 1.41 bits per heavy atom. The molecule has 1 rings (SSSR count). The van der Waals surface area contributed by atoms with Crippen LogP contribution in [-0.2, 0) is 0 Å². The Bertz CT molecular complexity index is 375. The van der Waals surface area contributed by atoms with Crippen LogP contribution in [0.25, 0.3) is 0 Å². The summed E-state index contributed by atoms with van der Waals surface area (Å²) in [7, 11) is 0. The zero-order chi connectivity index (χ0) is 13.1. The topological polar surface area (TPSA) is 35.2 Å². The second-order valence-electron chi connectivity index (χ2n) is 3.28. The Balaban J connectivity index is 2.53. The van der Waals surface area contributed by atoms with Crippen LogP contribution in [0, 0.1) is 6.92 Å². The van der Waals surface area contributed by atoms with Crippen molar-refractivity contribution >= 4 is 33.4 Å². The maximum absolute atomic E-state index is 11.9. The number of anilines is 1. The maximum Gasteiger partial charge on any atom is 0.441 e. The van der Waals surface area contributed by atoms with E-state index in [0.717, 1.165) is 10.0 Å². The van der Waals surface area contributed by atoms with Gasteiger partial charge < -0.3 is 10.5 Å². The van der Waals surface area contributed by atoms with E-state index in [9.17, 15) is 13.2 Å². The van der Waals surface area contributed by atoms with Crippen LogP contribution < -0.4 is 10.5 Å². The minimum absolute atomic E-state index is 0.0309. The number of aryl methyl sites for hydroxylation is 1. The molecule has 0 saturated carbocycles. The lowest BCUT2D eigenvalue weighted by Crippen LogP contribution is -2.09. The van der Waals surface area contributed by atoms with E-state index in [4.69, 9.17) is 10.5 Å². The lowest BCUT2D eigenvalue weighted by molar-refractivity contribution is -0.0329. The van der Waals surface area contributed by atoms with Crippen LogP contribution in [0.2, 0.25) is 0 Å². The van der Waals surface area contributed by atoms with Crippen molar-refractivity contribution in [1.82, 2.24) is 0 Å². The molecule has 0 amide bonds.